The van der Waals surface area contributed by atoms with Gasteiger partial charge in [0.15, 0.2) is 0 Å². The van der Waals surface area contributed by atoms with Crippen molar-refractivity contribution < 1.29 is 24.5 Å². The fourth-order valence-corrected chi connectivity index (χ4v) is 3.76. The Balaban J connectivity index is 2.02. The predicted molar refractivity (Wildman–Crippen MR) is 108 cm³/mol. The van der Waals surface area contributed by atoms with Crippen LogP contribution in [0, 0.1) is 5.92 Å². The summed E-state index contributed by atoms with van der Waals surface area (Å²) in [6, 6.07) is 7.88. The number of unbranched alkanes of at least 4 members (excludes halogenated alkanes) is 1. The number of hydrogen-bond acceptors (Lipinski definition) is 5. The third-order valence-electron chi connectivity index (χ3n) is 5.68. The monoisotopic (exact) mass is 388 g/mol. The highest BCUT2D eigenvalue weighted by atomic mass is 16.5. The molecular formula is C23H32O5. The van der Waals surface area contributed by atoms with E-state index in [9.17, 15) is 19.8 Å². The van der Waals surface area contributed by atoms with Gasteiger partial charge in [0.25, 0.3) is 0 Å². The Kier molecular flexibility index (Phi) is 7.96. The third kappa shape index (κ3) is 5.52. The average Bonchev–Trinajstić information content (AvgIpc) is 2.97. The molecule has 0 heterocycles. The summed E-state index contributed by atoms with van der Waals surface area (Å²) in [5, 5.41) is 20.0. The fourth-order valence-electron chi connectivity index (χ4n) is 3.76. The Morgan fingerprint density at radius 3 is 2.54 bits per heavy atom. The highest BCUT2D eigenvalue weighted by molar-refractivity contribution is 5.85. The first-order valence-electron chi connectivity index (χ1n) is 9.94. The molecule has 0 amide bonds. The molecule has 3 atom stereocenters. The lowest BCUT2D eigenvalue weighted by atomic mass is 9.81. The van der Waals surface area contributed by atoms with Crippen LogP contribution in [0.3, 0.4) is 0 Å². The van der Waals surface area contributed by atoms with Crippen LogP contribution >= 0.6 is 0 Å². The van der Waals surface area contributed by atoms with Crippen molar-refractivity contribution in [2.24, 2.45) is 5.92 Å². The first-order chi connectivity index (χ1) is 13.3. The lowest BCUT2D eigenvalue weighted by Gasteiger charge is -2.25. The van der Waals surface area contributed by atoms with Gasteiger partial charge in [0, 0.05) is 30.1 Å². The molecule has 1 aliphatic carbocycles. The number of methoxy groups -OCH3 is 1. The number of allylic oxidation sites excluding steroid dienone is 2. The zero-order chi connectivity index (χ0) is 20.7. The number of carbonyl (C=O) groups excluding carboxylic acids is 2. The molecular weight excluding hydrogens is 356 g/mol. The number of carbonyl (C=O) groups is 2. The van der Waals surface area contributed by atoms with E-state index in [1.165, 1.54) is 7.11 Å². The molecule has 5 nitrogen and oxygen atoms in total. The van der Waals surface area contributed by atoms with Crippen LogP contribution in [0.5, 0.6) is 0 Å². The van der Waals surface area contributed by atoms with Gasteiger partial charge in [-0.3, -0.25) is 9.59 Å². The highest BCUT2D eigenvalue weighted by Crippen LogP contribution is 2.40. The van der Waals surface area contributed by atoms with E-state index in [1.54, 1.807) is 0 Å². The van der Waals surface area contributed by atoms with Crippen molar-refractivity contribution in [3.8, 4) is 0 Å². The SMILES string of the molecule is COC(=O)CCCC=CC[C@H]1C(=O)C[C@@H](O)[C@@H]1c1ccc(C(C)(C)CO)cc1. The molecule has 0 aromatic heterocycles. The molecule has 0 aliphatic heterocycles. The minimum Gasteiger partial charge on any atom is -0.469 e. The van der Waals surface area contributed by atoms with Gasteiger partial charge < -0.3 is 14.9 Å². The van der Waals surface area contributed by atoms with Crippen LogP contribution in [0.2, 0.25) is 0 Å². The van der Waals surface area contributed by atoms with Gasteiger partial charge >= 0.3 is 5.97 Å². The van der Waals surface area contributed by atoms with Gasteiger partial charge in [-0.1, -0.05) is 50.3 Å². The van der Waals surface area contributed by atoms with E-state index in [4.69, 9.17) is 0 Å². The van der Waals surface area contributed by atoms with Crippen molar-refractivity contribution in [2.45, 2.75) is 63.4 Å². The summed E-state index contributed by atoms with van der Waals surface area (Å²) >= 11 is 0. The van der Waals surface area contributed by atoms with Crippen LogP contribution in [-0.4, -0.2) is 41.8 Å². The van der Waals surface area contributed by atoms with Crippen molar-refractivity contribution in [3.05, 3.63) is 47.5 Å². The van der Waals surface area contributed by atoms with Crippen LogP contribution in [0.15, 0.2) is 36.4 Å². The summed E-state index contributed by atoms with van der Waals surface area (Å²) in [6.45, 7) is 4.01. The minimum atomic E-state index is -0.665. The van der Waals surface area contributed by atoms with Crippen molar-refractivity contribution >= 4 is 11.8 Å². The predicted octanol–water partition coefficient (Wildman–Crippen LogP) is 3.28. The standard InChI is InChI=1S/C23H32O5/c1-23(2,15-24)17-12-10-16(11-13-17)22-18(19(25)14-20(22)26)8-6-4-5-7-9-21(27)28-3/h4,6,10-13,18,20,22,24,26H,5,7-9,14-15H2,1-3H3/t18-,20+,22+/m0/s1. The highest BCUT2D eigenvalue weighted by Gasteiger charge is 2.41. The first-order valence-corrected chi connectivity index (χ1v) is 9.94. The van der Waals surface area contributed by atoms with Gasteiger partial charge in [0.1, 0.15) is 5.78 Å². The fraction of sp³-hybridized carbons (Fsp3) is 0.565. The number of esters is 1. The van der Waals surface area contributed by atoms with Crippen LogP contribution in [0.25, 0.3) is 0 Å². The Labute approximate surface area is 167 Å². The Bertz CT molecular complexity index is 689. The molecule has 0 radical (unpaired) electrons. The number of benzene rings is 1. The van der Waals surface area contributed by atoms with Crippen LogP contribution in [-0.2, 0) is 19.7 Å². The number of aliphatic hydroxyl groups excluding tert-OH is 2. The van der Waals surface area contributed by atoms with Crippen LogP contribution in [0.4, 0.5) is 0 Å². The summed E-state index contributed by atoms with van der Waals surface area (Å²) in [6.07, 6.45) is 5.95. The minimum absolute atomic E-state index is 0.0558. The maximum Gasteiger partial charge on any atom is 0.305 e. The molecule has 1 aromatic rings. The number of ketones is 1. The molecule has 0 bridgehead atoms. The zero-order valence-corrected chi connectivity index (χ0v) is 17.1. The number of hydrogen-bond donors (Lipinski definition) is 2. The smallest absolute Gasteiger partial charge is 0.305 e. The molecule has 1 aliphatic rings. The van der Waals surface area contributed by atoms with Crippen molar-refractivity contribution in [1.29, 1.82) is 0 Å². The summed E-state index contributed by atoms with van der Waals surface area (Å²) in [4.78, 5) is 23.5. The average molecular weight is 389 g/mol. The van der Waals surface area contributed by atoms with Crippen molar-refractivity contribution in [3.63, 3.8) is 0 Å². The van der Waals surface area contributed by atoms with Gasteiger partial charge in [-0.15, -0.1) is 0 Å². The van der Waals surface area contributed by atoms with Crippen molar-refractivity contribution in [2.75, 3.05) is 13.7 Å². The molecule has 1 fully saturated rings. The summed E-state index contributed by atoms with van der Waals surface area (Å²) in [7, 11) is 1.38. The van der Waals surface area contributed by atoms with E-state index in [2.05, 4.69) is 4.74 Å². The molecule has 0 unspecified atom stereocenters. The topological polar surface area (TPSA) is 83.8 Å². The number of rotatable bonds is 9. The normalized spacial score (nSPS) is 22.8. The van der Waals surface area contributed by atoms with Gasteiger partial charge in [0.05, 0.1) is 19.8 Å². The number of ether oxygens (including phenoxy) is 1. The Hall–Kier alpha value is -1.98. The molecule has 2 N–H and O–H groups in total. The molecule has 0 saturated heterocycles. The number of Topliss-reactive ketones (excluding diaryl/α,β-unsaturated/α-hetero) is 1. The lowest BCUT2D eigenvalue weighted by Crippen LogP contribution is -2.22. The molecule has 154 valence electrons. The largest absolute Gasteiger partial charge is 0.469 e. The van der Waals surface area contributed by atoms with Gasteiger partial charge in [-0.25, -0.2) is 0 Å². The third-order valence-corrected chi connectivity index (χ3v) is 5.68. The second kappa shape index (κ2) is 9.99. The van der Waals surface area contributed by atoms with E-state index in [1.807, 2.05) is 50.3 Å². The molecule has 28 heavy (non-hydrogen) atoms. The van der Waals surface area contributed by atoms with E-state index >= 15 is 0 Å². The van der Waals surface area contributed by atoms with E-state index < -0.39 is 6.10 Å². The molecule has 2 rings (SSSR count). The molecule has 1 aromatic carbocycles. The first kappa shape index (κ1) is 22.3. The molecule has 0 spiro atoms. The lowest BCUT2D eigenvalue weighted by molar-refractivity contribution is -0.140. The zero-order valence-electron chi connectivity index (χ0n) is 17.1. The maximum absolute atomic E-state index is 12.4. The summed E-state index contributed by atoms with van der Waals surface area (Å²) in [5.41, 5.74) is 1.66. The molecule has 5 heteroatoms. The van der Waals surface area contributed by atoms with Crippen molar-refractivity contribution in [1.82, 2.24) is 0 Å². The number of aliphatic hydroxyl groups is 2. The van der Waals surface area contributed by atoms with Crippen LogP contribution < -0.4 is 0 Å². The van der Waals surface area contributed by atoms with Crippen LogP contribution in [0.1, 0.15) is 63.0 Å². The van der Waals surface area contributed by atoms with Gasteiger partial charge in [-0.05, 0) is 30.4 Å². The summed E-state index contributed by atoms with van der Waals surface area (Å²) in [5.74, 6) is -0.561. The van der Waals surface area contributed by atoms with E-state index in [0.29, 0.717) is 12.8 Å². The van der Waals surface area contributed by atoms with E-state index in [-0.39, 0.29) is 42.0 Å². The molecule has 1 saturated carbocycles. The Morgan fingerprint density at radius 1 is 1.25 bits per heavy atom. The van der Waals surface area contributed by atoms with Gasteiger partial charge in [-0.2, -0.15) is 0 Å². The van der Waals surface area contributed by atoms with Gasteiger partial charge in [0.2, 0.25) is 0 Å². The Morgan fingerprint density at radius 2 is 1.93 bits per heavy atom. The van der Waals surface area contributed by atoms with E-state index in [0.717, 1.165) is 24.0 Å². The quantitative estimate of drug-likeness (QED) is 0.385. The maximum atomic E-state index is 12.4. The summed E-state index contributed by atoms with van der Waals surface area (Å²) < 4.78 is 4.61. The second-order valence-corrected chi connectivity index (χ2v) is 8.21. The second-order valence-electron chi connectivity index (χ2n) is 8.21.